The molecular formula is C24H24O6S. The van der Waals surface area contributed by atoms with Crippen molar-refractivity contribution in [2.24, 2.45) is 0 Å². The molecule has 0 aromatic heterocycles. The number of methoxy groups -OCH3 is 2. The first-order valence-electron chi connectivity index (χ1n) is 9.84. The van der Waals surface area contributed by atoms with Gasteiger partial charge in [-0.05, 0) is 43.7 Å². The van der Waals surface area contributed by atoms with Crippen LogP contribution in [0.1, 0.15) is 16.7 Å². The maximum atomic E-state index is 12.9. The molecule has 3 aromatic carbocycles. The molecule has 7 heteroatoms. The van der Waals surface area contributed by atoms with Gasteiger partial charge in [-0.3, -0.25) is 0 Å². The van der Waals surface area contributed by atoms with Crippen LogP contribution >= 0.6 is 0 Å². The van der Waals surface area contributed by atoms with Crippen molar-refractivity contribution in [3.05, 3.63) is 71.3 Å². The Morgan fingerprint density at radius 2 is 1.71 bits per heavy atom. The third-order valence-corrected chi connectivity index (χ3v) is 6.71. The van der Waals surface area contributed by atoms with E-state index in [0.29, 0.717) is 22.8 Å². The van der Waals surface area contributed by atoms with Gasteiger partial charge in [0, 0.05) is 23.1 Å². The van der Waals surface area contributed by atoms with E-state index in [4.69, 9.17) is 18.4 Å². The molecule has 0 saturated heterocycles. The number of fused-ring (bicyclic) bond motifs is 1. The van der Waals surface area contributed by atoms with E-state index in [1.807, 2.05) is 49.4 Å². The van der Waals surface area contributed by atoms with Crippen molar-refractivity contribution in [3.63, 3.8) is 0 Å². The smallest absolute Gasteiger partial charge is 0.300 e. The highest BCUT2D eigenvalue weighted by Gasteiger charge is 2.33. The Balaban J connectivity index is 1.69. The minimum atomic E-state index is -4.00. The van der Waals surface area contributed by atoms with Gasteiger partial charge in [-0.2, -0.15) is 8.42 Å². The third kappa shape index (κ3) is 4.11. The van der Waals surface area contributed by atoms with Crippen LogP contribution in [0.2, 0.25) is 0 Å². The summed E-state index contributed by atoms with van der Waals surface area (Å²) in [6, 6.07) is 16.4. The highest BCUT2D eigenvalue weighted by Crippen LogP contribution is 2.45. The summed E-state index contributed by atoms with van der Waals surface area (Å²) in [5, 5.41) is 0. The summed E-state index contributed by atoms with van der Waals surface area (Å²) in [6.45, 7) is 3.66. The fraction of sp³-hybridized carbons (Fsp3) is 0.250. The first kappa shape index (κ1) is 21.2. The molecular weight excluding hydrogens is 416 g/mol. The number of ether oxygens (including phenoxy) is 3. The first-order chi connectivity index (χ1) is 14.8. The van der Waals surface area contributed by atoms with Crippen molar-refractivity contribution in [1.82, 2.24) is 0 Å². The summed E-state index contributed by atoms with van der Waals surface area (Å²) in [4.78, 5) is 0.139. The molecule has 1 atom stereocenters. The van der Waals surface area contributed by atoms with E-state index in [9.17, 15) is 8.42 Å². The molecule has 4 rings (SSSR count). The van der Waals surface area contributed by atoms with E-state index in [-0.39, 0.29) is 11.3 Å². The monoisotopic (exact) mass is 440 g/mol. The van der Waals surface area contributed by atoms with Crippen LogP contribution in [0, 0.1) is 13.8 Å². The first-order valence-corrected chi connectivity index (χ1v) is 11.2. The molecule has 162 valence electrons. The Kier molecular flexibility index (Phi) is 5.64. The molecule has 1 unspecified atom stereocenters. The average molecular weight is 441 g/mol. The number of hydrogen-bond acceptors (Lipinski definition) is 6. The van der Waals surface area contributed by atoms with Crippen LogP contribution in [0.25, 0.3) is 11.1 Å². The predicted molar refractivity (Wildman–Crippen MR) is 117 cm³/mol. The molecule has 0 saturated carbocycles. The normalized spacial score (nSPS) is 15.3. The van der Waals surface area contributed by atoms with Gasteiger partial charge in [0.05, 0.1) is 19.1 Å². The predicted octanol–water partition coefficient (Wildman–Crippen LogP) is 4.65. The van der Waals surface area contributed by atoms with Crippen LogP contribution < -0.4 is 14.2 Å². The highest BCUT2D eigenvalue weighted by atomic mass is 32.2. The van der Waals surface area contributed by atoms with E-state index < -0.39 is 16.4 Å². The van der Waals surface area contributed by atoms with Crippen molar-refractivity contribution in [1.29, 1.82) is 0 Å². The van der Waals surface area contributed by atoms with Crippen molar-refractivity contribution < 1.29 is 26.8 Å². The Bertz CT molecular complexity index is 1230. The molecule has 0 aliphatic carbocycles. The van der Waals surface area contributed by atoms with E-state index in [1.165, 1.54) is 0 Å². The van der Waals surface area contributed by atoms with Gasteiger partial charge in [0.1, 0.15) is 17.2 Å². The zero-order valence-corrected chi connectivity index (χ0v) is 18.7. The van der Waals surface area contributed by atoms with Crippen LogP contribution in [0.15, 0.2) is 59.5 Å². The number of benzene rings is 3. The lowest BCUT2D eigenvalue weighted by Gasteiger charge is -2.16. The number of hydrogen-bond donors (Lipinski definition) is 0. The highest BCUT2D eigenvalue weighted by molar-refractivity contribution is 7.86. The lowest BCUT2D eigenvalue weighted by atomic mass is 9.99. The van der Waals surface area contributed by atoms with Gasteiger partial charge in [-0.1, -0.05) is 35.9 Å². The van der Waals surface area contributed by atoms with Crippen LogP contribution in [0.5, 0.6) is 17.2 Å². The summed E-state index contributed by atoms with van der Waals surface area (Å²) in [5.41, 5.74) is 3.99. The van der Waals surface area contributed by atoms with E-state index in [2.05, 4.69) is 0 Å². The second-order valence-corrected chi connectivity index (χ2v) is 8.97. The summed E-state index contributed by atoms with van der Waals surface area (Å²) in [6.07, 6.45) is -0.694. The van der Waals surface area contributed by atoms with Crippen molar-refractivity contribution in [2.75, 3.05) is 14.2 Å². The van der Waals surface area contributed by atoms with Gasteiger partial charge in [0.15, 0.2) is 0 Å². The van der Waals surface area contributed by atoms with Crippen LogP contribution in [-0.2, 0) is 20.7 Å². The Labute approximate surface area is 182 Å². The van der Waals surface area contributed by atoms with Gasteiger partial charge >= 0.3 is 10.1 Å². The molecule has 0 bridgehead atoms. The van der Waals surface area contributed by atoms with Crippen LogP contribution in [0.4, 0.5) is 0 Å². The minimum Gasteiger partial charge on any atom is -0.497 e. The molecule has 1 heterocycles. The Morgan fingerprint density at radius 1 is 0.935 bits per heavy atom. The van der Waals surface area contributed by atoms with Gasteiger partial charge < -0.3 is 14.2 Å². The second-order valence-electron chi connectivity index (χ2n) is 7.43. The zero-order chi connectivity index (χ0) is 22.2. The number of para-hydroxylation sites is 1. The van der Waals surface area contributed by atoms with Gasteiger partial charge in [0.2, 0.25) is 6.29 Å². The fourth-order valence-electron chi connectivity index (χ4n) is 3.81. The van der Waals surface area contributed by atoms with Crippen molar-refractivity contribution >= 4 is 10.1 Å². The van der Waals surface area contributed by atoms with Gasteiger partial charge in [-0.25, -0.2) is 4.18 Å². The largest absolute Gasteiger partial charge is 0.497 e. The zero-order valence-electron chi connectivity index (χ0n) is 17.8. The fourth-order valence-corrected chi connectivity index (χ4v) is 5.00. The molecule has 0 fully saturated rings. The average Bonchev–Trinajstić information content (AvgIpc) is 3.14. The topological polar surface area (TPSA) is 71.1 Å². The maximum Gasteiger partial charge on any atom is 0.300 e. The molecule has 6 nitrogen and oxygen atoms in total. The Hall–Kier alpha value is -3.03. The number of aryl methyl sites for hydroxylation is 2. The molecule has 0 N–H and O–H groups in total. The summed E-state index contributed by atoms with van der Waals surface area (Å²) < 4.78 is 48.2. The standard InChI is InChI=1S/C24H24O6S/c1-15-9-10-22(16(2)11-15)31(25,26)30-23-13-17-12-18(27-3)14-20(24(17)29-23)19-7-5-6-8-21(19)28-4/h5-12,14,23H,13H2,1-4H3. The van der Waals surface area contributed by atoms with Crippen LogP contribution in [0.3, 0.4) is 0 Å². The summed E-state index contributed by atoms with van der Waals surface area (Å²) >= 11 is 0. The van der Waals surface area contributed by atoms with Crippen molar-refractivity contribution in [2.45, 2.75) is 31.5 Å². The van der Waals surface area contributed by atoms with Crippen LogP contribution in [-0.4, -0.2) is 28.9 Å². The molecule has 1 aliphatic heterocycles. The minimum absolute atomic E-state index is 0.139. The molecule has 0 amide bonds. The quantitative estimate of drug-likeness (QED) is 0.520. The van der Waals surface area contributed by atoms with Gasteiger partial charge in [0.25, 0.3) is 0 Å². The molecule has 0 radical (unpaired) electrons. The summed E-state index contributed by atoms with van der Waals surface area (Å²) in [7, 11) is -0.811. The van der Waals surface area contributed by atoms with Gasteiger partial charge in [-0.15, -0.1) is 0 Å². The number of rotatable bonds is 6. The third-order valence-electron chi connectivity index (χ3n) is 5.24. The maximum absolute atomic E-state index is 12.9. The molecule has 31 heavy (non-hydrogen) atoms. The van der Waals surface area contributed by atoms with E-state index in [0.717, 1.165) is 22.3 Å². The SMILES string of the molecule is COc1cc2c(c(-c3ccccc3OC)c1)OC(OS(=O)(=O)c1ccc(C)cc1C)C2. The molecule has 3 aromatic rings. The molecule has 0 spiro atoms. The lowest BCUT2D eigenvalue weighted by molar-refractivity contribution is 0.0316. The Morgan fingerprint density at radius 3 is 2.42 bits per heavy atom. The summed E-state index contributed by atoms with van der Waals surface area (Å²) in [5.74, 6) is 1.88. The van der Waals surface area contributed by atoms with E-state index >= 15 is 0 Å². The second kappa shape index (κ2) is 8.24. The lowest BCUT2D eigenvalue weighted by Crippen LogP contribution is -2.23. The molecule has 1 aliphatic rings. The van der Waals surface area contributed by atoms with Crippen molar-refractivity contribution in [3.8, 4) is 28.4 Å². The van der Waals surface area contributed by atoms with E-state index in [1.54, 1.807) is 33.3 Å².